The van der Waals surface area contributed by atoms with Gasteiger partial charge in [0.05, 0.1) is 6.61 Å². The molecular formula is C18H19F6N3O2. The number of hydrogen-bond acceptors (Lipinski definition) is 5. The molecular weight excluding hydrogens is 404 g/mol. The Kier molecular flexibility index (Phi) is 7.52. The van der Waals surface area contributed by atoms with Crippen molar-refractivity contribution >= 4 is 11.6 Å². The molecule has 0 aliphatic rings. The predicted molar refractivity (Wildman–Crippen MR) is 93.3 cm³/mol. The average molecular weight is 423 g/mol. The molecule has 2 aromatic rings. The highest BCUT2D eigenvalue weighted by atomic mass is 19.4. The maximum absolute atomic E-state index is 13.0. The molecule has 0 bridgehead atoms. The number of unbranched alkanes of at least 4 members (excludes halogenated alkanes) is 2. The van der Waals surface area contributed by atoms with Crippen molar-refractivity contribution in [1.82, 2.24) is 9.97 Å². The minimum absolute atomic E-state index is 0.349. The van der Waals surface area contributed by atoms with Gasteiger partial charge in [0.15, 0.2) is 6.61 Å². The fourth-order valence-electron chi connectivity index (χ4n) is 2.22. The highest BCUT2D eigenvalue weighted by molar-refractivity contribution is 5.56. The minimum atomic E-state index is -4.97. The van der Waals surface area contributed by atoms with Crippen LogP contribution in [0, 0.1) is 0 Å². The number of rotatable bonds is 9. The quantitative estimate of drug-likeness (QED) is 0.411. The number of halogens is 6. The van der Waals surface area contributed by atoms with Crippen molar-refractivity contribution in [3.63, 3.8) is 0 Å². The molecule has 29 heavy (non-hydrogen) atoms. The summed E-state index contributed by atoms with van der Waals surface area (Å²) < 4.78 is 85.7. The van der Waals surface area contributed by atoms with E-state index in [9.17, 15) is 26.3 Å². The molecule has 1 aromatic carbocycles. The summed E-state index contributed by atoms with van der Waals surface area (Å²) in [4.78, 5) is 6.97. The van der Waals surface area contributed by atoms with Crippen LogP contribution in [0.4, 0.5) is 38.0 Å². The van der Waals surface area contributed by atoms with E-state index in [-0.39, 0.29) is 5.95 Å². The van der Waals surface area contributed by atoms with Crippen molar-refractivity contribution < 1.29 is 35.8 Å². The molecule has 160 valence electrons. The number of hydrogen-bond donors (Lipinski definition) is 1. The Bertz CT molecular complexity index is 796. The zero-order chi connectivity index (χ0) is 21.5. The van der Waals surface area contributed by atoms with E-state index in [4.69, 9.17) is 4.74 Å². The fraction of sp³-hybridized carbons (Fsp3) is 0.444. The largest absolute Gasteiger partial charge is 0.494 e. The van der Waals surface area contributed by atoms with Gasteiger partial charge in [0.1, 0.15) is 11.3 Å². The summed E-state index contributed by atoms with van der Waals surface area (Å²) in [5.74, 6) is -1.04. The van der Waals surface area contributed by atoms with E-state index in [1.807, 2.05) is 0 Å². The number of benzene rings is 1. The molecule has 0 saturated heterocycles. The summed E-state index contributed by atoms with van der Waals surface area (Å²) in [5, 5.41) is 2.63. The van der Waals surface area contributed by atoms with E-state index < -0.39 is 30.4 Å². The van der Waals surface area contributed by atoms with Gasteiger partial charge in [-0.3, -0.25) is 0 Å². The van der Waals surface area contributed by atoms with Crippen LogP contribution in [-0.4, -0.2) is 29.4 Å². The van der Waals surface area contributed by atoms with Crippen molar-refractivity contribution in [2.24, 2.45) is 0 Å². The minimum Gasteiger partial charge on any atom is -0.494 e. The molecule has 2 rings (SSSR count). The molecule has 0 aliphatic carbocycles. The monoisotopic (exact) mass is 423 g/mol. The highest BCUT2D eigenvalue weighted by Gasteiger charge is 2.38. The van der Waals surface area contributed by atoms with E-state index >= 15 is 0 Å². The molecule has 0 radical (unpaired) electrons. The fourth-order valence-corrected chi connectivity index (χ4v) is 2.22. The Labute approximate surface area is 163 Å². The molecule has 0 aliphatic heterocycles. The number of anilines is 2. The first kappa shape index (κ1) is 22.6. The van der Waals surface area contributed by atoms with Crippen LogP contribution in [0.25, 0.3) is 0 Å². The van der Waals surface area contributed by atoms with Gasteiger partial charge in [0.2, 0.25) is 11.8 Å². The zero-order valence-corrected chi connectivity index (χ0v) is 15.4. The first-order chi connectivity index (χ1) is 13.6. The van der Waals surface area contributed by atoms with Crippen LogP contribution >= 0.6 is 0 Å². The number of alkyl halides is 6. The Morgan fingerprint density at radius 2 is 1.79 bits per heavy atom. The van der Waals surface area contributed by atoms with E-state index in [1.165, 1.54) is 0 Å². The molecule has 0 unspecified atom stereocenters. The van der Waals surface area contributed by atoms with E-state index in [0.717, 1.165) is 19.3 Å². The van der Waals surface area contributed by atoms with Gasteiger partial charge in [0.25, 0.3) is 0 Å². The second-order valence-electron chi connectivity index (χ2n) is 6.02. The van der Waals surface area contributed by atoms with Crippen molar-refractivity contribution in [2.45, 2.75) is 38.5 Å². The molecule has 1 N–H and O–H groups in total. The van der Waals surface area contributed by atoms with Gasteiger partial charge in [-0.1, -0.05) is 25.8 Å². The Hall–Kier alpha value is -2.72. The summed E-state index contributed by atoms with van der Waals surface area (Å²) in [6.45, 7) is 0.651. The van der Waals surface area contributed by atoms with Crippen molar-refractivity contribution in [2.75, 3.05) is 18.5 Å². The van der Waals surface area contributed by atoms with Crippen molar-refractivity contribution in [1.29, 1.82) is 0 Å². The molecule has 1 aromatic heterocycles. The topological polar surface area (TPSA) is 56.3 Å². The smallest absolute Gasteiger partial charge is 0.423 e. The zero-order valence-electron chi connectivity index (χ0n) is 15.4. The highest BCUT2D eigenvalue weighted by Crippen LogP contribution is 2.36. The molecule has 11 heteroatoms. The van der Waals surface area contributed by atoms with Gasteiger partial charge in [-0.25, -0.2) is 4.98 Å². The van der Waals surface area contributed by atoms with Gasteiger partial charge in [-0.2, -0.15) is 31.3 Å². The van der Waals surface area contributed by atoms with Crippen LogP contribution in [0.15, 0.2) is 30.5 Å². The molecule has 0 amide bonds. The van der Waals surface area contributed by atoms with Gasteiger partial charge in [0, 0.05) is 18.0 Å². The summed E-state index contributed by atoms with van der Waals surface area (Å²) in [6, 6.07) is 6.49. The van der Waals surface area contributed by atoms with Crippen LogP contribution < -0.4 is 14.8 Å². The Balaban J connectivity index is 2.16. The van der Waals surface area contributed by atoms with Gasteiger partial charge in [-0.05, 0) is 18.6 Å². The number of ether oxygens (including phenoxy) is 2. The van der Waals surface area contributed by atoms with Gasteiger partial charge >= 0.3 is 12.4 Å². The van der Waals surface area contributed by atoms with Crippen LogP contribution in [0.1, 0.15) is 31.7 Å². The third kappa shape index (κ3) is 7.66. The second kappa shape index (κ2) is 9.66. The summed E-state index contributed by atoms with van der Waals surface area (Å²) in [5.41, 5.74) is -1.11. The number of nitrogens with one attached hydrogen (secondary N) is 1. The lowest BCUT2D eigenvalue weighted by Gasteiger charge is -2.15. The molecule has 0 atom stereocenters. The average Bonchev–Trinajstić information content (AvgIpc) is 2.62. The van der Waals surface area contributed by atoms with E-state index in [0.29, 0.717) is 24.2 Å². The molecule has 1 heterocycles. The molecule has 5 nitrogen and oxygen atoms in total. The van der Waals surface area contributed by atoms with Crippen LogP contribution in [0.3, 0.4) is 0 Å². The summed E-state index contributed by atoms with van der Waals surface area (Å²) in [6.07, 6.45) is -6.49. The third-order valence-electron chi connectivity index (χ3n) is 3.54. The number of nitrogens with zero attached hydrogens (tertiary/aromatic N) is 2. The van der Waals surface area contributed by atoms with Crippen LogP contribution in [0.2, 0.25) is 0 Å². The van der Waals surface area contributed by atoms with Crippen molar-refractivity contribution in [3.8, 4) is 11.6 Å². The standard InChI is InChI=1S/C18H19F6N3O2/c1-2-3-4-8-28-13-7-5-6-12(9-13)26-16-25-10-14(18(22,23)24)15(27-16)29-11-17(19,20)21/h5-7,9-10H,2-4,8,11H2,1H3,(H,25,26,27). The summed E-state index contributed by atoms with van der Waals surface area (Å²) in [7, 11) is 0. The Morgan fingerprint density at radius 3 is 2.45 bits per heavy atom. The van der Waals surface area contributed by atoms with Crippen LogP contribution in [0.5, 0.6) is 11.6 Å². The molecule has 0 saturated carbocycles. The molecule has 0 spiro atoms. The second-order valence-corrected chi connectivity index (χ2v) is 6.02. The maximum atomic E-state index is 13.0. The van der Waals surface area contributed by atoms with E-state index in [2.05, 4.69) is 26.9 Å². The third-order valence-corrected chi connectivity index (χ3v) is 3.54. The normalized spacial score (nSPS) is 12.0. The lowest BCUT2D eigenvalue weighted by molar-refractivity contribution is -0.159. The number of aromatic nitrogens is 2. The lowest BCUT2D eigenvalue weighted by Crippen LogP contribution is -2.22. The van der Waals surface area contributed by atoms with Gasteiger partial charge in [-0.15, -0.1) is 0 Å². The summed E-state index contributed by atoms with van der Waals surface area (Å²) >= 11 is 0. The first-order valence-electron chi connectivity index (χ1n) is 8.72. The SMILES string of the molecule is CCCCCOc1cccc(Nc2ncc(C(F)(F)F)c(OCC(F)(F)F)n2)c1. The van der Waals surface area contributed by atoms with E-state index in [1.54, 1.807) is 24.3 Å². The molecule has 0 fully saturated rings. The Morgan fingerprint density at radius 1 is 1.03 bits per heavy atom. The predicted octanol–water partition coefficient (Wildman–Crippen LogP) is 5.75. The lowest BCUT2D eigenvalue weighted by atomic mass is 10.2. The van der Waals surface area contributed by atoms with Crippen LogP contribution in [-0.2, 0) is 6.18 Å². The van der Waals surface area contributed by atoms with Gasteiger partial charge < -0.3 is 14.8 Å². The van der Waals surface area contributed by atoms with Crippen molar-refractivity contribution in [3.05, 3.63) is 36.0 Å². The maximum Gasteiger partial charge on any atom is 0.423 e. The first-order valence-corrected chi connectivity index (χ1v) is 8.72.